The molecule has 4 aromatic rings. The molecule has 0 spiro atoms. The van der Waals surface area contributed by atoms with Crippen LogP contribution in [0.3, 0.4) is 0 Å². The Labute approximate surface area is 196 Å². The normalized spacial score (nSPS) is 13.2. The number of nitrogens with zero attached hydrogens (tertiary/aromatic N) is 3. The van der Waals surface area contributed by atoms with E-state index in [4.69, 9.17) is 11.6 Å². The quantitative estimate of drug-likeness (QED) is 0.391. The zero-order valence-electron chi connectivity index (χ0n) is 17.9. The van der Waals surface area contributed by atoms with Gasteiger partial charge in [0.2, 0.25) is 9.84 Å². The number of hydrogen-bond donors (Lipinski definition) is 0. The lowest BCUT2D eigenvalue weighted by atomic mass is 10.00. The molecule has 1 aromatic heterocycles. The summed E-state index contributed by atoms with van der Waals surface area (Å²) in [6.45, 7) is 3.64. The van der Waals surface area contributed by atoms with Crippen molar-refractivity contribution in [2.45, 2.75) is 30.3 Å². The van der Waals surface area contributed by atoms with E-state index in [0.717, 1.165) is 5.56 Å². The largest absolute Gasteiger partial charge is 0.297 e. The molecule has 0 unspecified atom stereocenters. The van der Waals surface area contributed by atoms with Crippen molar-refractivity contribution in [1.29, 1.82) is 0 Å². The Morgan fingerprint density at radius 2 is 1.70 bits per heavy atom. The first kappa shape index (κ1) is 21.6. The molecule has 0 aliphatic carbocycles. The van der Waals surface area contributed by atoms with Crippen molar-refractivity contribution in [3.63, 3.8) is 0 Å². The Morgan fingerprint density at radius 3 is 2.42 bits per heavy atom. The highest BCUT2D eigenvalue weighted by Gasteiger charge is 2.31. The molecule has 0 radical (unpaired) electrons. The maximum atomic E-state index is 14.7. The van der Waals surface area contributed by atoms with E-state index >= 15 is 0 Å². The van der Waals surface area contributed by atoms with Crippen molar-refractivity contribution in [2.24, 2.45) is 4.99 Å². The molecule has 0 saturated heterocycles. The standard InChI is InChI=1S/C25H19ClFN3O2S/c1-15-7-10-18(11-8-15)33(31,32)25-23-14-28-24(19-5-3-4-6-21(19)27)20-13-17(26)9-12-22(20)30(23)16(2)29-25/h3-13H,14H2,1-2H3. The zero-order valence-corrected chi connectivity index (χ0v) is 19.5. The monoisotopic (exact) mass is 479 g/mol. The molecular weight excluding hydrogens is 461 g/mol. The van der Waals surface area contributed by atoms with Crippen LogP contribution in [-0.4, -0.2) is 23.7 Å². The Hall–Kier alpha value is -3.29. The third-order valence-corrected chi connectivity index (χ3v) is 7.62. The van der Waals surface area contributed by atoms with Crippen LogP contribution in [0.25, 0.3) is 5.69 Å². The average Bonchev–Trinajstić information content (AvgIpc) is 3.03. The Bertz CT molecular complexity index is 1540. The van der Waals surface area contributed by atoms with Gasteiger partial charge in [0.05, 0.1) is 28.5 Å². The molecule has 166 valence electrons. The second-order valence-corrected chi connectivity index (χ2v) is 10.2. The first-order valence-electron chi connectivity index (χ1n) is 10.3. The Balaban J connectivity index is 1.77. The van der Waals surface area contributed by atoms with Gasteiger partial charge in [-0.15, -0.1) is 0 Å². The molecule has 0 atom stereocenters. The lowest BCUT2D eigenvalue weighted by molar-refractivity contribution is 0.591. The van der Waals surface area contributed by atoms with Crippen LogP contribution in [0.1, 0.15) is 28.2 Å². The molecule has 2 heterocycles. The molecule has 0 bridgehead atoms. The lowest BCUT2D eigenvalue weighted by Gasteiger charge is -2.14. The fraction of sp³-hybridized carbons (Fsp3) is 0.120. The summed E-state index contributed by atoms with van der Waals surface area (Å²) in [5.41, 5.74) is 3.35. The number of aryl methyl sites for hydroxylation is 2. The average molecular weight is 480 g/mol. The van der Waals surface area contributed by atoms with E-state index in [1.54, 1.807) is 72.2 Å². The van der Waals surface area contributed by atoms with Crippen molar-refractivity contribution in [3.8, 4) is 5.69 Å². The number of imidazole rings is 1. The molecule has 0 amide bonds. The van der Waals surface area contributed by atoms with Gasteiger partial charge in [-0.05, 0) is 56.3 Å². The number of aliphatic imine (C=N–C) groups is 1. The Kier molecular flexibility index (Phi) is 5.18. The molecule has 5 nitrogen and oxygen atoms in total. The van der Waals surface area contributed by atoms with E-state index < -0.39 is 15.7 Å². The minimum atomic E-state index is -3.89. The fourth-order valence-corrected chi connectivity index (χ4v) is 5.68. The van der Waals surface area contributed by atoms with Gasteiger partial charge in [-0.25, -0.2) is 17.8 Å². The molecular formula is C25H19ClFN3O2S. The summed E-state index contributed by atoms with van der Waals surface area (Å²) >= 11 is 6.29. The topological polar surface area (TPSA) is 64.3 Å². The smallest absolute Gasteiger partial charge is 0.225 e. The predicted octanol–water partition coefficient (Wildman–Crippen LogP) is 5.47. The van der Waals surface area contributed by atoms with E-state index in [-0.39, 0.29) is 16.5 Å². The van der Waals surface area contributed by atoms with Gasteiger partial charge in [-0.1, -0.05) is 41.4 Å². The van der Waals surface area contributed by atoms with Crippen molar-refractivity contribution in [2.75, 3.05) is 0 Å². The van der Waals surface area contributed by atoms with Crippen LogP contribution < -0.4 is 0 Å². The van der Waals surface area contributed by atoms with Crippen molar-refractivity contribution in [1.82, 2.24) is 9.55 Å². The van der Waals surface area contributed by atoms with Gasteiger partial charge in [0.15, 0.2) is 5.03 Å². The summed E-state index contributed by atoms with van der Waals surface area (Å²) in [5.74, 6) is 0.0698. The number of halogens is 2. The van der Waals surface area contributed by atoms with E-state index in [1.807, 2.05) is 6.92 Å². The van der Waals surface area contributed by atoms with E-state index in [9.17, 15) is 12.8 Å². The molecule has 33 heavy (non-hydrogen) atoms. The molecule has 0 fully saturated rings. The molecule has 5 rings (SSSR count). The second-order valence-electron chi connectivity index (χ2n) is 7.87. The number of benzene rings is 3. The number of hydrogen-bond acceptors (Lipinski definition) is 4. The number of aromatic nitrogens is 2. The summed E-state index contributed by atoms with van der Waals surface area (Å²) in [7, 11) is -3.89. The summed E-state index contributed by atoms with van der Waals surface area (Å²) in [5, 5.41) is 0.412. The first-order chi connectivity index (χ1) is 15.8. The van der Waals surface area contributed by atoms with E-state index in [0.29, 0.717) is 39.1 Å². The molecule has 0 saturated carbocycles. The highest BCUT2D eigenvalue weighted by atomic mass is 35.5. The van der Waals surface area contributed by atoms with Gasteiger partial charge >= 0.3 is 0 Å². The van der Waals surface area contributed by atoms with Gasteiger partial charge in [0, 0.05) is 16.1 Å². The summed E-state index contributed by atoms with van der Waals surface area (Å²) in [6.07, 6.45) is 0. The van der Waals surface area contributed by atoms with Crippen molar-refractivity contribution >= 4 is 27.1 Å². The van der Waals surface area contributed by atoms with Gasteiger partial charge < -0.3 is 0 Å². The SMILES string of the molecule is Cc1ccc(S(=O)(=O)c2nc(C)n3c2CN=C(c2ccccc2F)c2cc(Cl)ccc2-3)cc1. The van der Waals surface area contributed by atoms with Gasteiger partial charge in [-0.2, -0.15) is 0 Å². The van der Waals surface area contributed by atoms with Crippen LogP contribution in [0.5, 0.6) is 0 Å². The van der Waals surface area contributed by atoms with Gasteiger partial charge in [-0.3, -0.25) is 9.56 Å². The second kappa shape index (κ2) is 7.93. The highest BCUT2D eigenvalue weighted by Crippen LogP contribution is 2.33. The summed E-state index contributed by atoms with van der Waals surface area (Å²) in [6, 6.07) is 18.2. The number of sulfone groups is 1. The summed E-state index contributed by atoms with van der Waals surface area (Å²) < 4.78 is 43.5. The third kappa shape index (κ3) is 3.57. The van der Waals surface area contributed by atoms with Crippen LogP contribution >= 0.6 is 11.6 Å². The summed E-state index contributed by atoms with van der Waals surface area (Å²) in [4.78, 5) is 9.27. The molecule has 3 aromatic carbocycles. The molecule has 8 heteroatoms. The van der Waals surface area contributed by atoms with Crippen LogP contribution in [0, 0.1) is 19.7 Å². The highest BCUT2D eigenvalue weighted by molar-refractivity contribution is 7.91. The minimum Gasteiger partial charge on any atom is -0.297 e. The molecule has 1 aliphatic rings. The van der Waals surface area contributed by atoms with E-state index in [2.05, 4.69) is 9.98 Å². The maximum Gasteiger partial charge on any atom is 0.225 e. The number of rotatable bonds is 3. The van der Waals surface area contributed by atoms with Gasteiger partial charge in [0.1, 0.15) is 11.6 Å². The van der Waals surface area contributed by atoms with Crippen LogP contribution in [0.15, 0.2) is 81.6 Å². The van der Waals surface area contributed by atoms with Crippen molar-refractivity contribution in [3.05, 3.63) is 106 Å². The van der Waals surface area contributed by atoms with Crippen LogP contribution in [0.4, 0.5) is 4.39 Å². The van der Waals surface area contributed by atoms with Crippen LogP contribution in [-0.2, 0) is 16.4 Å². The molecule has 1 aliphatic heterocycles. The first-order valence-corrected chi connectivity index (χ1v) is 12.1. The predicted molar refractivity (Wildman–Crippen MR) is 126 cm³/mol. The molecule has 0 N–H and O–H groups in total. The van der Waals surface area contributed by atoms with Gasteiger partial charge in [0.25, 0.3) is 0 Å². The van der Waals surface area contributed by atoms with E-state index in [1.165, 1.54) is 6.07 Å². The third-order valence-electron chi connectivity index (χ3n) is 5.66. The van der Waals surface area contributed by atoms with Crippen molar-refractivity contribution < 1.29 is 12.8 Å². The zero-order chi connectivity index (χ0) is 23.3. The minimum absolute atomic E-state index is 0.0111. The fourth-order valence-electron chi connectivity index (χ4n) is 4.07. The number of fused-ring (bicyclic) bond motifs is 3. The Morgan fingerprint density at radius 1 is 0.970 bits per heavy atom. The lowest BCUT2D eigenvalue weighted by Crippen LogP contribution is -2.10. The van der Waals surface area contributed by atoms with Crippen LogP contribution in [0.2, 0.25) is 5.02 Å². The maximum absolute atomic E-state index is 14.7.